The first kappa shape index (κ1) is 16.0. The molecule has 2 rings (SSSR count). The van der Waals surface area contributed by atoms with E-state index in [-0.39, 0.29) is 11.9 Å². The molecule has 0 N–H and O–H groups in total. The number of carbonyl (C=O) groups excluding carboxylic acids is 1. The zero-order valence-electron chi connectivity index (χ0n) is 11.9. The van der Waals surface area contributed by atoms with Gasteiger partial charge in [-0.2, -0.15) is 0 Å². The van der Waals surface area contributed by atoms with Crippen LogP contribution in [0.2, 0.25) is 5.02 Å². The van der Waals surface area contributed by atoms with Gasteiger partial charge in [-0.25, -0.2) is 0 Å². The summed E-state index contributed by atoms with van der Waals surface area (Å²) < 4.78 is 0.722. The highest BCUT2D eigenvalue weighted by molar-refractivity contribution is 9.10. The number of hydrogen-bond donors (Lipinski definition) is 0. The number of rotatable bonds is 4. The molecule has 1 amide bonds. The van der Waals surface area contributed by atoms with Gasteiger partial charge in [-0.3, -0.25) is 9.78 Å². The minimum absolute atomic E-state index is 0.0627. The van der Waals surface area contributed by atoms with E-state index in [4.69, 9.17) is 11.6 Å². The average molecular weight is 368 g/mol. The van der Waals surface area contributed by atoms with Crippen LogP contribution in [0.4, 0.5) is 0 Å². The van der Waals surface area contributed by atoms with Gasteiger partial charge >= 0.3 is 0 Å². The van der Waals surface area contributed by atoms with Crippen LogP contribution in [0.1, 0.15) is 29.8 Å². The highest BCUT2D eigenvalue weighted by Crippen LogP contribution is 2.27. The van der Waals surface area contributed by atoms with Gasteiger partial charge in [-0.1, -0.05) is 23.7 Å². The minimum Gasteiger partial charge on any atom is -0.332 e. The fourth-order valence-electron chi connectivity index (χ4n) is 2.00. The normalized spacial score (nSPS) is 10.7. The molecular formula is C16H16BrClN2O. The molecular weight excluding hydrogens is 352 g/mol. The van der Waals surface area contributed by atoms with Crippen molar-refractivity contribution >= 4 is 33.4 Å². The third-order valence-corrected chi connectivity index (χ3v) is 4.44. The van der Waals surface area contributed by atoms with Crippen molar-refractivity contribution < 1.29 is 4.79 Å². The number of carbonyl (C=O) groups is 1. The fraction of sp³-hybridized carbons (Fsp3) is 0.250. The van der Waals surface area contributed by atoms with Crippen LogP contribution in [0.25, 0.3) is 0 Å². The first-order valence-corrected chi connectivity index (χ1v) is 7.81. The Labute approximate surface area is 138 Å². The van der Waals surface area contributed by atoms with E-state index in [9.17, 15) is 4.79 Å². The topological polar surface area (TPSA) is 33.2 Å². The smallest absolute Gasteiger partial charge is 0.255 e. The van der Waals surface area contributed by atoms with Crippen LogP contribution < -0.4 is 0 Å². The van der Waals surface area contributed by atoms with Gasteiger partial charge < -0.3 is 4.90 Å². The zero-order chi connectivity index (χ0) is 15.4. The molecule has 2 aromatic rings. The molecule has 1 aromatic carbocycles. The van der Waals surface area contributed by atoms with Crippen LogP contribution in [0, 0.1) is 0 Å². The van der Waals surface area contributed by atoms with Gasteiger partial charge in [0.15, 0.2) is 0 Å². The van der Waals surface area contributed by atoms with E-state index in [0.717, 1.165) is 10.0 Å². The lowest BCUT2D eigenvalue weighted by atomic mass is 10.1. The number of halogens is 2. The van der Waals surface area contributed by atoms with E-state index >= 15 is 0 Å². The van der Waals surface area contributed by atoms with E-state index in [1.807, 2.05) is 38.1 Å². The number of pyridine rings is 1. The van der Waals surface area contributed by atoms with Gasteiger partial charge in [-0.15, -0.1) is 0 Å². The second kappa shape index (κ2) is 7.05. The van der Waals surface area contributed by atoms with E-state index < -0.39 is 0 Å². The predicted molar refractivity (Wildman–Crippen MR) is 88.4 cm³/mol. The zero-order valence-corrected chi connectivity index (χ0v) is 14.2. The highest BCUT2D eigenvalue weighted by Gasteiger charge is 2.22. The first-order valence-electron chi connectivity index (χ1n) is 6.64. The average Bonchev–Trinajstić information content (AvgIpc) is 2.48. The maximum Gasteiger partial charge on any atom is 0.255 e. The molecule has 1 aromatic heterocycles. The number of aromatic nitrogens is 1. The highest BCUT2D eigenvalue weighted by atomic mass is 79.9. The summed E-state index contributed by atoms with van der Waals surface area (Å²) in [7, 11) is 0. The van der Waals surface area contributed by atoms with E-state index in [1.54, 1.807) is 23.4 Å². The molecule has 5 heteroatoms. The molecule has 0 saturated heterocycles. The van der Waals surface area contributed by atoms with Gasteiger partial charge in [-0.05, 0) is 53.5 Å². The van der Waals surface area contributed by atoms with Crippen LogP contribution in [-0.2, 0) is 6.54 Å². The summed E-state index contributed by atoms with van der Waals surface area (Å²) in [6.45, 7) is 4.48. The Morgan fingerprint density at radius 2 is 2.10 bits per heavy atom. The van der Waals surface area contributed by atoms with Gasteiger partial charge in [0.05, 0.1) is 10.6 Å². The maximum atomic E-state index is 12.8. The molecule has 0 atom stereocenters. The summed E-state index contributed by atoms with van der Waals surface area (Å²) in [5.41, 5.74) is 1.49. The molecule has 0 radical (unpaired) electrons. The van der Waals surface area contributed by atoms with Crippen LogP contribution in [-0.4, -0.2) is 21.8 Å². The predicted octanol–water partition coefficient (Wildman–Crippen LogP) is 4.55. The fourth-order valence-corrected chi connectivity index (χ4v) is 2.57. The quantitative estimate of drug-likeness (QED) is 0.794. The monoisotopic (exact) mass is 366 g/mol. The lowest BCUT2D eigenvalue weighted by molar-refractivity contribution is 0.0690. The van der Waals surface area contributed by atoms with E-state index in [1.165, 1.54) is 0 Å². The molecule has 3 nitrogen and oxygen atoms in total. The molecule has 0 spiro atoms. The SMILES string of the molecule is CC(C)N(Cc1cccnc1)C(=O)c1cccc(Br)c1Cl. The number of hydrogen-bond acceptors (Lipinski definition) is 2. The van der Waals surface area contributed by atoms with Crippen molar-refractivity contribution in [2.75, 3.05) is 0 Å². The molecule has 0 unspecified atom stereocenters. The molecule has 110 valence electrons. The van der Waals surface area contributed by atoms with E-state index in [2.05, 4.69) is 20.9 Å². The summed E-state index contributed by atoms with van der Waals surface area (Å²) in [4.78, 5) is 18.6. The molecule has 1 heterocycles. The molecule has 21 heavy (non-hydrogen) atoms. The molecule has 0 aliphatic carbocycles. The second-order valence-corrected chi connectivity index (χ2v) is 6.22. The van der Waals surface area contributed by atoms with Gasteiger partial charge in [0.1, 0.15) is 0 Å². The number of amides is 1. The van der Waals surface area contributed by atoms with Crippen LogP contribution in [0.15, 0.2) is 47.2 Å². The van der Waals surface area contributed by atoms with Crippen LogP contribution in [0.3, 0.4) is 0 Å². The number of benzene rings is 1. The van der Waals surface area contributed by atoms with Crippen molar-refractivity contribution in [1.82, 2.24) is 9.88 Å². The Morgan fingerprint density at radius 3 is 2.71 bits per heavy atom. The van der Waals surface area contributed by atoms with Crippen molar-refractivity contribution in [2.24, 2.45) is 0 Å². The third kappa shape index (κ3) is 3.83. The third-order valence-electron chi connectivity index (χ3n) is 3.14. The van der Waals surface area contributed by atoms with Crippen molar-refractivity contribution in [3.05, 3.63) is 63.3 Å². The Morgan fingerprint density at radius 1 is 1.33 bits per heavy atom. The summed E-state index contributed by atoms with van der Waals surface area (Å²) >= 11 is 9.59. The Bertz CT molecular complexity index is 631. The molecule has 0 aliphatic rings. The second-order valence-electron chi connectivity index (χ2n) is 4.99. The van der Waals surface area contributed by atoms with Crippen LogP contribution >= 0.6 is 27.5 Å². The Balaban J connectivity index is 2.30. The summed E-state index contributed by atoms with van der Waals surface area (Å²) in [6, 6.07) is 9.26. The largest absolute Gasteiger partial charge is 0.332 e. The number of nitrogens with zero attached hydrogens (tertiary/aromatic N) is 2. The molecule has 0 aliphatic heterocycles. The van der Waals surface area contributed by atoms with Crippen molar-refractivity contribution in [1.29, 1.82) is 0 Å². The van der Waals surface area contributed by atoms with Gasteiger partial charge in [0.2, 0.25) is 0 Å². The maximum absolute atomic E-state index is 12.8. The molecule has 0 fully saturated rings. The lowest BCUT2D eigenvalue weighted by Crippen LogP contribution is -2.36. The van der Waals surface area contributed by atoms with Crippen molar-refractivity contribution in [3.63, 3.8) is 0 Å². The Hall–Kier alpha value is -1.39. The molecule has 0 saturated carbocycles. The summed E-state index contributed by atoms with van der Waals surface area (Å²) in [5.74, 6) is -0.0832. The van der Waals surface area contributed by atoms with Gasteiger partial charge in [0, 0.05) is 29.5 Å². The van der Waals surface area contributed by atoms with Crippen molar-refractivity contribution in [3.8, 4) is 0 Å². The van der Waals surface area contributed by atoms with E-state index in [0.29, 0.717) is 17.1 Å². The van der Waals surface area contributed by atoms with Gasteiger partial charge in [0.25, 0.3) is 5.91 Å². The summed E-state index contributed by atoms with van der Waals surface area (Å²) in [5, 5.41) is 0.444. The molecule has 0 bridgehead atoms. The standard InChI is InChI=1S/C16H16BrClN2O/c1-11(2)20(10-12-5-4-8-19-9-12)16(21)13-6-3-7-14(17)15(13)18/h3-9,11H,10H2,1-2H3. The lowest BCUT2D eigenvalue weighted by Gasteiger charge is -2.27. The first-order chi connectivity index (χ1) is 10.0. The van der Waals surface area contributed by atoms with Crippen LogP contribution in [0.5, 0.6) is 0 Å². The minimum atomic E-state index is -0.0832. The summed E-state index contributed by atoms with van der Waals surface area (Å²) in [6.07, 6.45) is 3.49. The van der Waals surface area contributed by atoms with Crippen molar-refractivity contribution in [2.45, 2.75) is 26.4 Å². The Kier molecular flexibility index (Phi) is 5.37.